The number of nitrogen functional groups attached to an aromatic ring is 1. The van der Waals surface area contributed by atoms with Gasteiger partial charge in [0.15, 0.2) is 0 Å². The number of amidine groups is 1. The van der Waals surface area contributed by atoms with Crippen LogP contribution in [-0.4, -0.2) is 49.5 Å². The van der Waals surface area contributed by atoms with Crippen molar-refractivity contribution >= 4 is 5.84 Å². The predicted molar refractivity (Wildman–Crippen MR) is 85.7 cm³/mol. The van der Waals surface area contributed by atoms with Gasteiger partial charge in [-0.15, -0.1) is 0 Å². The fourth-order valence-corrected chi connectivity index (χ4v) is 3.49. The molecule has 2 aliphatic heterocycles. The standard InChI is InChI=1S/C16H25N5/c17-16(18)13-3-1-12(2-4-13)15-11-20-9-10-21(15)14-5-7-19-8-6-14/h1-4,14-15,19-20H,5-11H2,(H3,17,18). The summed E-state index contributed by atoms with van der Waals surface area (Å²) in [6.45, 7) is 5.45. The van der Waals surface area contributed by atoms with E-state index in [1.807, 2.05) is 12.1 Å². The van der Waals surface area contributed by atoms with Gasteiger partial charge in [0.05, 0.1) is 0 Å². The van der Waals surface area contributed by atoms with Gasteiger partial charge in [-0.2, -0.15) is 0 Å². The Balaban J connectivity index is 1.78. The molecule has 2 fully saturated rings. The molecule has 2 saturated heterocycles. The number of hydrogen-bond acceptors (Lipinski definition) is 4. The number of piperazine rings is 1. The minimum Gasteiger partial charge on any atom is -0.384 e. The van der Waals surface area contributed by atoms with E-state index in [1.54, 1.807) is 0 Å². The fourth-order valence-electron chi connectivity index (χ4n) is 3.49. The lowest BCUT2D eigenvalue weighted by Gasteiger charge is -2.43. The van der Waals surface area contributed by atoms with E-state index in [0.29, 0.717) is 12.1 Å². The number of benzene rings is 1. The number of nitrogens with one attached hydrogen (secondary N) is 3. The van der Waals surface area contributed by atoms with Crippen LogP contribution in [0.25, 0.3) is 0 Å². The first-order valence-electron chi connectivity index (χ1n) is 7.87. The zero-order valence-electron chi connectivity index (χ0n) is 12.4. The van der Waals surface area contributed by atoms with Gasteiger partial charge in [0.2, 0.25) is 0 Å². The van der Waals surface area contributed by atoms with Crippen molar-refractivity contribution < 1.29 is 0 Å². The molecule has 0 aliphatic carbocycles. The predicted octanol–water partition coefficient (Wildman–Crippen LogP) is 0.669. The third-order valence-electron chi connectivity index (χ3n) is 4.67. The topological polar surface area (TPSA) is 77.2 Å². The molecule has 0 radical (unpaired) electrons. The molecule has 0 saturated carbocycles. The maximum atomic E-state index is 7.50. The number of rotatable bonds is 3. The molecule has 1 aromatic carbocycles. The molecule has 0 bridgehead atoms. The summed E-state index contributed by atoms with van der Waals surface area (Å²) in [7, 11) is 0. The molecular formula is C16H25N5. The normalized spacial score (nSPS) is 24.9. The van der Waals surface area contributed by atoms with Crippen LogP contribution < -0.4 is 16.4 Å². The van der Waals surface area contributed by atoms with Crippen LogP contribution in [0.2, 0.25) is 0 Å². The first-order valence-corrected chi connectivity index (χ1v) is 7.87. The van der Waals surface area contributed by atoms with Crippen molar-refractivity contribution in [2.45, 2.75) is 24.9 Å². The van der Waals surface area contributed by atoms with E-state index in [-0.39, 0.29) is 5.84 Å². The summed E-state index contributed by atoms with van der Waals surface area (Å²) in [6.07, 6.45) is 2.48. The van der Waals surface area contributed by atoms with Gasteiger partial charge in [0, 0.05) is 37.3 Å². The van der Waals surface area contributed by atoms with Crippen LogP contribution >= 0.6 is 0 Å². The molecule has 1 aromatic rings. The fraction of sp³-hybridized carbons (Fsp3) is 0.562. The highest BCUT2D eigenvalue weighted by Gasteiger charge is 2.30. The smallest absolute Gasteiger partial charge is 0.122 e. The molecule has 2 aliphatic rings. The molecule has 1 unspecified atom stereocenters. The number of nitrogens with zero attached hydrogens (tertiary/aromatic N) is 1. The van der Waals surface area contributed by atoms with Crippen LogP contribution in [0.4, 0.5) is 0 Å². The Hall–Kier alpha value is -1.43. The highest BCUT2D eigenvalue weighted by atomic mass is 15.2. The molecule has 5 heteroatoms. The summed E-state index contributed by atoms with van der Waals surface area (Å²) >= 11 is 0. The van der Waals surface area contributed by atoms with Crippen LogP contribution in [0.1, 0.15) is 30.0 Å². The van der Waals surface area contributed by atoms with Crippen molar-refractivity contribution in [2.75, 3.05) is 32.7 Å². The van der Waals surface area contributed by atoms with Crippen LogP contribution in [0.5, 0.6) is 0 Å². The molecule has 2 heterocycles. The minimum atomic E-state index is 0.138. The zero-order chi connectivity index (χ0) is 14.7. The highest BCUT2D eigenvalue weighted by Crippen LogP contribution is 2.27. The third kappa shape index (κ3) is 3.26. The molecule has 21 heavy (non-hydrogen) atoms. The minimum absolute atomic E-state index is 0.138. The summed E-state index contributed by atoms with van der Waals surface area (Å²) in [5, 5.41) is 14.5. The third-order valence-corrected chi connectivity index (χ3v) is 4.67. The molecule has 0 aromatic heterocycles. The molecule has 0 amide bonds. The van der Waals surface area contributed by atoms with Crippen LogP contribution in [0, 0.1) is 5.41 Å². The van der Waals surface area contributed by atoms with Gasteiger partial charge in [0.25, 0.3) is 0 Å². The summed E-state index contributed by atoms with van der Waals surface area (Å²) in [6, 6.07) is 9.30. The van der Waals surface area contributed by atoms with Gasteiger partial charge in [-0.1, -0.05) is 24.3 Å². The van der Waals surface area contributed by atoms with Gasteiger partial charge < -0.3 is 16.4 Å². The van der Waals surface area contributed by atoms with Crippen molar-refractivity contribution in [3.8, 4) is 0 Å². The van der Waals surface area contributed by atoms with Gasteiger partial charge in [-0.3, -0.25) is 10.3 Å². The Morgan fingerprint density at radius 3 is 2.48 bits per heavy atom. The number of nitrogens with two attached hydrogens (primary N) is 1. The summed E-state index contributed by atoms with van der Waals surface area (Å²) in [5.74, 6) is 0.138. The molecule has 114 valence electrons. The van der Waals surface area contributed by atoms with Gasteiger partial charge >= 0.3 is 0 Å². The highest BCUT2D eigenvalue weighted by molar-refractivity contribution is 5.94. The Morgan fingerprint density at radius 2 is 1.81 bits per heavy atom. The molecular weight excluding hydrogens is 262 g/mol. The average molecular weight is 287 g/mol. The lowest BCUT2D eigenvalue weighted by molar-refractivity contribution is 0.0860. The summed E-state index contributed by atoms with van der Waals surface area (Å²) in [4.78, 5) is 2.67. The van der Waals surface area contributed by atoms with Crippen molar-refractivity contribution in [1.82, 2.24) is 15.5 Å². The second kappa shape index (κ2) is 6.56. The van der Waals surface area contributed by atoms with Gasteiger partial charge in [0.1, 0.15) is 5.84 Å². The summed E-state index contributed by atoms with van der Waals surface area (Å²) < 4.78 is 0. The van der Waals surface area contributed by atoms with Crippen LogP contribution in [-0.2, 0) is 0 Å². The Bertz CT molecular complexity index is 478. The Kier molecular flexibility index (Phi) is 4.53. The lowest BCUT2D eigenvalue weighted by Crippen LogP contribution is -2.53. The van der Waals surface area contributed by atoms with E-state index in [2.05, 4.69) is 27.7 Å². The van der Waals surface area contributed by atoms with E-state index in [4.69, 9.17) is 11.1 Å². The van der Waals surface area contributed by atoms with Gasteiger partial charge in [-0.05, 0) is 31.5 Å². The molecule has 5 N–H and O–H groups in total. The maximum absolute atomic E-state index is 7.50. The first-order chi connectivity index (χ1) is 10.3. The van der Waals surface area contributed by atoms with Crippen LogP contribution in [0.15, 0.2) is 24.3 Å². The molecule has 3 rings (SSSR count). The van der Waals surface area contributed by atoms with E-state index in [1.165, 1.54) is 18.4 Å². The quantitative estimate of drug-likeness (QED) is 0.487. The van der Waals surface area contributed by atoms with Gasteiger partial charge in [-0.25, -0.2) is 0 Å². The van der Waals surface area contributed by atoms with Crippen molar-refractivity contribution in [3.05, 3.63) is 35.4 Å². The second-order valence-corrected chi connectivity index (χ2v) is 5.97. The molecule has 0 spiro atoms. The Morgan fingerprint density at radius 1 is 1.10 bits per heavy atom. The average Bonchev–Trinajstić information content (AvgIpc) is 2.56. The largest absolute Gasteiger partial charge is 0.384 e. The Labute approximate surface area is 126 Å². The zero-order valence-corrected chi connectivity index (χ0v) is 12.4. The van der Waals surface area contributed by atoms with E-state index >= 15 is 0 Å². The second-order valence-electron chi connectivity index (χ2n) is 5.97. The van der Waals surface area contributed by atoms with E-state index in [0.717, 1.165) is 38.3 Å². The van der Waals surface area contributed by atoms with Crippen LogP contribution in [0.3, 0.4) is 0 Å². The summed E-state index contributed by atoms with van der Waals surface area (Å²) in [5.41, 5.74) is 7.67. The van der Waals surface area contributed by atoms with E-state index < -0.39 is 0 Å². The number of piperidine rings is 1. The molecule has 5 nitrogen and oxygen atoms in total. The molecule has 1 atom stereocenters. The monoisotopic (exact) mass is 287 g/mol. The van der Waals surface area contributed by atoms with E-state index in [9.17, 15) is 0 Å². The van der Waals surface area contributed by atoms with Crippen molar-refractivity contribution in [2.24, 2.45) is 5.73 Å². The SMILES string of the molecule is N=C(N)c1ccc(C2CNCCN2C2CCNCC2)cc1. The van der Waals surface area contributed by atoms with Crippen molar-refractivity contribution in [1.29, 1.82) is 5.41 Å². The first kappa shape index (κ1) is 14.5. The maximum Gasteiger partial charge on any atom is 0.122 e. The van der Waals surface area contributed by atoms with Crippen molar-refractivity contribution in [3.63, 3.8) is 0 Å². The number of hydrogen-bond donors (Lipinski definition) is 4. The lowest BCUT2D eigenvalue weighted by atomic mass is 9.96.